The molecule has 1 atom stereocenters. The van der Waals surface area contributed by atoms with Crippen molar-refractivity contribution in [3.63, 3.8) is 0 Å². The van der Waals surface area contributed by atoms with Crippen LogP contribution in [0.25, 0.3) is 0 Å². The fourth-order valence-corrected chi connectivity index (χ4v) is 2.56. The summed E-state index contributed by atoms with van der Waals surface area (Å²) in [6, 6.07) is 7.94. The van der Waals surface area contributed by atoms with Crippen molar-refractivity contribution in [3.05, 3.63) is 18.2 Å². The molecule has 1 unspecified atom stereocenters. The van der Waals surface area contributed by atoms with Gasteiger partial charge in [0, 0.05) is 6.07 Å². The average molecular weight is 288 g/mol. The van der Waals surface area contributed by atoms with Crippen LogP contribution in [-0.4, -0.2) is 25.5 Å². The Morgan fingerprint density at radius 3 is 2.90 bits per heavy atom. The van der Waals surface area contributed by atoms with Crippen LogP contribution < -0.4 is 19.5 Å². The Morgan fingerprint density at radius 2 is 2.19 bits per heavy atom. The lowest BCUT2D eigenvalue weighted by molar-refractivity contribution is 0.173. The largest absolute Gasteiger partial charge is 0.490 e. The normalized spacial score (nSPS) is 18.9. The third-order valence-corrected chi connectivity index (χ3v) is 3.97. The van der Waals surface area contributed by atoms with E-state index in [2.05, 4.69) is 18.3 Å². The number of nitrogens with zero attached hydrogens (tertiary/aromatic N) is 1. The second kappa shape index (κ2) is 5.82. The Hall–Kier alpha value is -1.93. The molecule has 0 bridgehead atoms. The second-order valence-electron chi connectivity index (χ2n) is 5.59. The summed E-state index contributed by atoms with van der Waals surface area (Å²) in [5.41, 5.74) is -0.577. The van der Waals surface area contributed by atoms with Gasteiger partial charge >= 0.3 is 0 Å². The third kappa shape index (κ3) is 2.91. The highest BCUT2D eigenvalue weighted by atomic mass is 16.7. The van der Waals surface area contributed by atoms with Crippen LogP contribution in [0.2, 0.25) is 0 Å². The lowest BCUT2D eigenvalue weighted by Gasteiger charge is -2.28. The molecule has 1 saturated carbocycles. The molecule has 1 fully saturated rings. The molecule has 0 aromatic heterocycles. The molecule has 1 aliphatic heterocycles. The molecule has 0 amide bonds. The first-order valence-electron chi connectivity index (χ1n) is 7.46. The van der Waals surface area contributed by atoms with Crippen molar-refractivity contribution in [3.8, 4) is 23.3 Å². The van der Waals surface area contributed by atoms with E-state index in [1.165, 1.54) is 0 Å². The van der Waals surface area contributed by atoms with Gasteiger partial charge in [0.15, 0.2) is 11.5 Å². The standard InChI is InChI=1S/C16H20N2O3/c1-2-7-18-16(9-17,12-3-4-12)10-19-13-5-6-14-15(8-13)21-11-20-14/h5-6,8,12,18H,2-4,7,10-11H2,1H3. The van der Waals surface area contributed by atoms with Gasteiger partial charge in [-0.15, -0.1) is 0 Å². The van der Waals surface area contributed by atoms with Crippen LogP contribution in [0.1, 0.15) is 26.2 Å². The molecule has 1 N–H and O–H groups in total. The van der Waals surface area contributed by atoms with Crippen LogP contribution >= 0.6 is 0 Å². The van der Waals surface area contributed by atoms with Crippen LogP contribution in [0.3, 0.4) is 0 Å². The number of benzene rings is 1. The first-order valence-corrected chi connectivity index (χ1v) is 7.46. The Kier molecular flexibility index (Phi) is 3.89. The molecular formula is C16H20N2O3. The Balaban J connectivity index is 1.68. The van der Waals surface area contributed by atoms with E-state index in [-0.39, 0.29) is 6.79 Å². The lowest BCUT2D eigenvalue weighted by Crippen LogP contribution is -2.51. The topological polar surface area (TPSA) is 63.5 Å². The molecule has 2 aliphatic rings. The molecule has 0 radical (unpaired) electrons. The second-order valence-corrected chi connectivity index (χ2v) is 5.59. The van der Waals surface area contributed by atoms with Crippen LogP contribution in [0, 0.1) is 17.2 Å². The maximum atomic E-state index is 9.61. The first-order chi connectivity index (χ1) is 10.3. The van der Waals surface area contributed by atoms with Crippen LogP contribution in [0.15, 0.2) is 18.2 Å². The smallest absolute Gasteiger partial charge is 0.231 e. The predicted molar refractivity (Wildman–Crippen MR) is 77.4 cm³/mol. The number of rotatable bonds is 7. The van der Waals surface area contributed by atoms with Gasteiger partial charge in [-0.1, -0.05) is 6.92 Å². The summed E-state index contributed by atoms with van der Waals surface area (Å²) in [5, 5.41) is 13.0. The van der Waals surface area contributed by atoms with E-state index in [4.69, 9.17) is 14.2 Å². The van der Waals surface area contributed by atoms with E-state index in [1.54, 1.807) is 0 Å². The van der Waals surface area contributed by atoms with Gasteiger partial charge in [-0.3, -0.25) is 5.32 Å². The van der Waals surface area contributed by atoms with E-state index in [0.717, 1.165) is 31.6 Å². The quantitative estimate of drug-likeness (QED) is 0.835. The highest BCUT2D eigenvalue weighted by Crippen LogP contribution is 2.40. The molecule has 0 saturated heterocycles. The van der Waals surface area contributed by atoms with Crippen molar-refractivity contribution in [2.45, 2.75) is 31.7 Å². The zero-order chi connectivity index (χ0) is 14.7. The third-order valence-electron chi connectivity index (χ3n) is 3.97. The van der Waals surface area contributed by atoms with Gasteiger partial charge in [-0.25, -0.2) is 0 Å². The zero-order valence-corrected chi connectivity index (χ0v) is 12.2. The number of fused-ring (bicyclic) bond motifs is 1. The van der Waals surface area contributed by atoms with Gasteiger partial charge in [0.1, 0.15) is 17.9 Å². The van der Waals surface area contributed by atoms with Crippen LogP contribution in [-0.2, 0) is 0 Å². The summed E-state index contributed by atoms with van der Waals surface area (Å²) in [6.07, 6.45) is 3.18. The minimum atomic E-state index is -0.577. The summed E-state index contributed by atoms with van der Waals surface area (Å²) in [7, 11) is 0. The number of nitriles is 1. The molecule has 1 heterocycles. The van der Waals surface area contributed by atoms with Crippen LogP contribution in [0.5, 0.6) is 17.2 Å². The van der Waals surface area contributed by atoms with E-state index in [0.29, 0.717) is 24.0 Å². The monoisotopic (exact) mass is 288 g/mol. The highest BCUT2D eigenvalue weighted by molar-refractivity contribution is 5.47. The molecule has 5 heteroatoms. The van der Waals surface area contributed by atoms with Crippen molar-refractivity contribution in [1.29, 1.82) is 5.26 Å². The fraction of sp³-hybridized carbons (Fsp3) is 0.562. The van der Waals surface area contributed by atoms with Crippen molar-refractivity contribution >= 4 is 0 Å². The summed E-state index contributed by atoms with van der Waals surface area (Å²) in [5.74, 6) is 2.53. The van der Waals surface area contributed by atoms with Crippen molar-refractivity contribution in [2.75, 3.05) is 19.9 Å². The Bertz CT molecular complexity index is 551. The summed E-state index contributed by atoms with van der Waals surface area (Å²) >= 11 is 0. The molecule has 1 aliphatic carbocycles. The maximum absolute atomic E-state index is 9.61. The van der Waals surface area contributed by atoms with E-state index in [9.17, 15) is 5.26 Å². The van der Waals surface area contributed by atoms with Gasteiger partial charge in [-0.2, -0.15) is 5.26 Å². The molecule has 112 valence electrons. The minimum Gasteiger partial charge on any atom is -0.490 e. The van der Waals surface area contributed by atoms with Gasteiger partial charge in [0.05, 0.1) is 6.07 Å². The molecule has 5 nitrogen and oxygen atoms in total. The van der Waals surface area contributed by atoms with Crippen LogP contribution in [0.4, 0.5) is 0 Å². The molecule has 21 heavy (non-hydrogen) atoms. The molecule has 1 aromatic carbocycles. The number of hydrogen-bond acceptors (Lipinski definition) is 5. The van der Waals surface area contributed by atoms with Crippen molar-refractivity contribution in [1.82, 2.24) is 5.32 Å². The minimum absolute atomic E-state index is 0.251. The number of ether oxygens (including phenoxy) is 3. The van der Waals surface area contributed by atoms with E-state index >= 15 is 0 Å². The van der Waals surface area contributed by atoms with Gasteiger partial charge in [0.2, 0.25) is 6.79 Å². The fourth-order valence-electron chi connectivity index (χ4n) is 2.56. The lowest BCUT2D eigenvalue weighted by atomic mass is 9.96. The van der Waals surface area contributed by atoms with E-state index < -0.39 is 5.54 Å². The number of hydrogen-bond donors (Lipinski definition) is 1. The summed E-state index contributed by atoms with van der Waals surface area (Å²) in [4.78, 5) is 0. The van der Waals surface area contributed by atoms with Crippen molar-refractivity contribution in [2.24, 2.45) is 5.92 Å². The van der Waals surface area contributed by atoms with Crippen molar-refractivity contribution < 1.29 is 14.2 Å². The van der Waals surface area contributed by atoms with Gasteiger partial charge < -0.3 is 14.2 Å². The SMILES string of the molecule is CCCNC(C#N)(COc1ccc2c(c1)OCO2)C1CC1. The Labute approximate surface area is 124 Å². The first kappa shape index (κ1) is 14.0. The number of nitrogens with one attached hydrogen (secondary N) is 1. The Morgan fingerprint density at radius 1 is 1.38 bits per heavy atom. The summed E-state index contributed by atoms with van der Waals surface area (Å²) in [6.45, 7) is 3.53. The molecule has 0 spiro atoms. The molecular weight excluding hydrogens is 268 g/mol. The van der Waals surface area contributed by atoms with Gasteiger partial charge in [-0.05, 0) is 43.9 Å². The average Bonchev–Trinajstić information content (AvgIpc) is 3.26. The summed E-state index contributed by atoms with van der Waals surface area (Å²) < 4.78 is 16.5. The van der Waals surface area contributed by atoms with E-state index in [1.807, 2.05) is 18.2 Å². The highest BCUT2D eigenvalue weighted by Gasteiger charge is 2.46. The maximum Gasteiger partial charge on any atom is 0.231 e. The predicted octanol–water partition coefficient (Wildman–Crippen LogP) is 2.47. The zero-order valence-electron chi connectivity index (χ0n) is 12.2. The molecule has 1 aromatic rings. The van der Waals surface area contributed by atoms with Gasteiger partial charge in [0.25, 0.3) is 0 Å². The molecule has 3 rings (SSSR count).